The van der Waals surface area contributed by atoms with Gasteiger partial charge in [-0.25, -0.2) is 0 Å². The van der Waals surface area contributed by atoms with Gasteiger partial charge in [-0.3, -0.25) is 8.78 Å². The molecule has 0 aliphatic heterocycles. The average molecular weight is 108 g/mol. The van der Waals surface area contributed by atoms with Crippen LogP contribution in [0.4, 0.5) is 8.78 Å². The summed E-state index contributed by atoms with van der Waals surface area (Å²) in [7, 11) is 1.00. The Labute approximate surface area is 60.6 Å². The molecule has 0 aromatic rings. The van der Waals surface area contributed by atoms with Crippen molar-refractivity contribution in [2.24, 2.45) is 0 Å². The summed E-state index contributed by atoms with van der Waals surface area (Å²) in [5.74, 6) is 0. The summed E-state index contributed by atoms with van der Waals surface area (Å²) >= 11 is 0. The molecule has 0 aliphatic carbocycles. The summed E-state index contributed by atoms with van der Waals surface area (Å²) < 4.78 is 19.0. The Morgan fingerprint density at radius 1 is 0.800 bits per heavy atom. The van der Waals surface area contributed by atoms with Gasteiger partial charge >= 0.3 is 0 Å². The minimum atomic E-state index is 0. The van der Waals surface area contributed by atoms with Crippen LogP contribution in [0.5, 0.6) is 0 Å². The first-order valence-corrected chi connectivity index (χ1v) is 0.756. The number of rotatable bonds is 0. The zero-order chi connectivity index (χ0) is 4.00. The molecule has 5 heavy (non-hydrogen) atoms. The molecule has 36 valence electrons. The van der Waals surface area contributed by atoms with Crippen molar-refractivity contribution in [1.82, 2.24) is 0 Å². The summed E-state index contributed by atoms with van der Waals surface area (Å²) in [5.41, 5.74) is 0. The van der Waals surface area contributed by atoms with Crippen LogP contribution < -0.4 is 0 Å². The van der Waals surface area contributed by atoms with Crippen LogP contribution in [0.2, 0.25) is 0 Å². The third-order valence-corrected chi connectivity index (χ3v) is 0. The van der Waals surface area contributed by atoms with Crippen molar-refractivity contribution in [1.29, 1.82) is 0 Å². The molecule has 0 N–H and O–H groups in total. The van der Waals surface area contributed by atoms with Gasteiger partial charge in [0.05, 0.1) is 14.4 Å². The molecule has 0 rings (SSSR count). The molecule has 0 saturated carbocycles. The summed E-state index contributed by atoms with van der Waals surface area (Å²) in [6.07, 6.45) is 0. The van der Waals surface area contributed by atoms with E-state index in [1.165, 1.54) is 0 Å². The molecule has 0 radical (unpaired) electrons. The first-order valence-electron chi connectivity index (χ1n) is 0.756. The van der Waals surface area contributed by atoms with E-state index in [0.717, 1.165) is 0 Å². The van der Waals surface area contributed by atoms with Crippen molar-refractivity contribution in [2.75, 3.05) is 14.4 Å². The topological polar surface area (TPSA) is 0 Å². The molecule has 0 bridgehead atoms. The van der Waals surface area contributed by atoms with E-state index in [4.69, 9.17) is 0 Å². The van der Waals surface area contributed by atoms with Crippen LogP contribution in [0.15, 0.2) is 0 Å². The van der Waals surface area contributed by atoms with Gasteiger partial charge in [0, 0.05) is 37.7 Å². The molecule has 0 saturated heterocycles. The number of hydrogen-bond acceptors (Lipinski definition) is 0. The maximum absolute atomic E-state index is 9.50. The SMILES string of the molecule is CF.CF.[Ar]. The van der Waals surface area contributed by atoms with E-state index in [9.17, 15) is 8.78 Å². The number of hydrogen-bond donors (Lipinski definition) is 0. The van der Waals surface area contributed by atoms with E-state index < -0.39 is 0 Å². The third kappa shape index (κ3) is 39.7. The Kier molecular flexibility index (Phi) is 228. The van der Waals surface area contributed by atoms with E-state index >= 15 is 0 Å². The zero-order valence-corrected chi connectivity index (χ0v) is 3.82. The van der Waals surface area contributed by atoms with Crippen molar-refractivity contribution in [3.63, 3.8) is 0 Å². The average Bonchev–Trinajstić information content (AvgIpc) is 1.50. The molecular weight excluding hydrogens is 102 g/mol. The third-order valence-electron chi connectivity index (χ3n) is 0. The minimum absolute atomic E-state index is 0. The largest absolute Gasteiger partial charge is 0.255 e. The molecule has 0 aliphatic rings. The van der Waals surface area contributed by atoms with Gasteiger partial charge in [-0.15, -0.1) is 0 Å². The van der Waals surface area contributed by atoms with Gasteiger partial charge in [-0.1, -0.05) is 0 Å². The molecule has 3 heteroatoms. The van der Waals surface area contributed by atoms with Gasteiger partial charge in [-0.2, -0.15) is 0 Å². The normalized spacial score (nSPS) is 2.40. The van der Waals surface area contributed by atoms with Gasteiger partial charge in [-0.05, 0) is 0 Å². The maximum Gasteiger partial charge on any atom is 0.0785 e. The fraction of sp³-hybridized carbons (Fsp3) is 1.00. The Morgan fingerprint density at radius 2 is 0.800 bits per heavy atom. The molecule has 0 spiro atoms. The maximum atomic E-state index is 9.50. The van der Waals surface area contributed by atoms with E-state index in [0.29, 0.717) is 14.4 Å². The fourth-order valence-electron chi connectivity index (χ4n) is 0. The second-order valence-electron chi connectivity index (χ2n) is 0. The Balaban J connectivity index is -0.0000000133. The molecule has 0 atom stereocenters. The summed E-state index contributed by atoms with van der Waals surface area (Å²) in [6, 6.07) is 0. The Morgan fingerprint density at radius 3 is 0.800 bits per heavy atom. The number of alkyl halides is 2. The van der Waals surface area contributed by atoms with E-state index in [1.807, 2.05) is 0 Å². The standard InChI is InChI=1S/2CH3F.Ar/c2*1-2;/h2*1H3;. The Bertz CT molecular complexity index is 7.61. The quantitative estimate of drug-likeness (QED) is 0.437. The first-order chi connectivity index (χ1) is 2.00. The van der Waals surface area contributed by atoms with Crippen molar-refractivity contribution in [3.05, 3.63) is 0 Å². The van der Waals surface area contributed by atoms with Crippen LogP contribution in [0.3, 0.4) is 0 Å². The van der Waals surface area contributed by atoms with E-state index in [2.05, 4.69) is 0 Å². The van der Waals surface area contributed by atoms with Crippen LogP contribution in [-0.4, -0.2) is 14.4 Å². The molecule has 0 aromatic heterocycles. The van der Waals surface area contributed by atoms with Crippen molar-refractivity contribution in [2.45, 2.75) is 0 Å². The van der Waals surface area contributed by atoms with Gasteiger partial charge in [0.15, 0.2) is 0 Å². The monoisotopic (exact) mass is 108 g/mol. The second kappa shape index (κ2) is 69.3. The van der Waals surface area contributed by atoms with Crippen LogP contribution in [0.25, 0.3) is 0 Å². The molecule has 0 fully saturated rings. The molecule has 0 amide bonds. The van der Waals surface area contributed by atoms with Gasteiger partial charge in [0.1, 0.15) is 0 Å². The second-order valence-corrected chi connectivity index (χ2v) is 0. The van der Waals surface area contributed by atoms with Gasteiger partial charge in [0.2, 0.25) is 0 Å². The molecule has 0 aromatic carbocycles. The van der Waals surface area contributed by atoms with Crippen molar-refractivity contribution in [3.8, 4) is 0 Å². The predicted molar refractivity (Wildman–Crippen MR) is 14.1 cm³/mol. The van der Waals surface area contributed by atoms with Crippen LogP contribution in [-0.2, 0) is 0 Å². The van der Waals surface area contributed by atoms with E-state index in [-0.39, 0.29) is 37.7 Å². The summed E-state index contributed by atoms with van der Waals surface area (Å²) in [4.78, 5) is 0. The zero-order valence-electron chi connectivity index (χ0n) is 3.11. The minimum Gasteiger partial charge on any atom is -0.255 e. The van der Waals surface area contributed by atoms with Crippen molar-refractivity contribution >= 4 is 0 Å². The van der Waals surface area contributed by atoms with Crippen LogP contribution >= 0.6 is 0 Å². The summed E-state index contributed by atoms with van der Waals surface area (Å²) in [6.45, 7) is 0. The summed E-state index contributed by atoms with van der Waals surface area (Å²) in [5, 5.41) is 0. The Hall–Kier alpha value is 1.12. The van der Waals surface area contributed by atoms with E-state index in [1.54, 1.807) is 0 Å². The molecule has 0 unspecified atom stereocenters. The first kappa shape index (κ1) is 16.5. The van der Waals surface area contributed by atoms with Crippen molar-refractivity contribution < 1.29 is 46.5 Å². The van der Waals surface area contributed by atoms with Gasteiger partial charge < -0.3 is 0 Å². The fourth-order valence-corrected chi connectivity index (χ4v) is 0. The smallest absolute Gasteiger partial charge is 0.0785 e. The predicted octanol–water partition coefficient (Wildman–Crippen LogP) is 1.17. The molecular formula is C2H6ArF2. The number of halogens is 2. The molecule has 0 heterocycles. The van der Waals surface area contributed by atoms with Gasteiger partial charge in [0.25, 0.3) is 0 Å². The van der Waals surface area contributed by atoms with Crippen LogP contribution in [0, 0.1) is 37.7 Å². The van der Waals surface area contributed by atoms with Crippen LogP contribution in [0.1, 0.15) is 0 Å². The molecule has 0 nitrogen and oxygen atoms in total.